The number of hydrogen-bond acceptors (Lipinski definition) is 3. The summed E-state index contributed by atoms with van der Waals surface area (Å²) in [6.07, 6.45) is 5.24. The van der Waals surface area contributed by atoms with Crippen molar-refractivity contribution < 1.29 is 0 Å². The van der Waals surface area contributed by atoms with Gasteiger partial charge in [0.2, 0.25) is 0 Å². The van der Waals surface area contributed by atoms with Crippen LogP contribution in [0.3, 0.4) is 0 Å². The van der Waals surface area contributed by atoms with E-state index in [4.69, 9.17) is 0 Å². The smallest absolute Gasteiger partial charge is 0.106 e. The minimum absolute atomic E-state index is 0.312. The van der Waals surface area contributed by atoms with Crippen molar-refractivity contribution in [2.24, 2.45) is 5.92 Å². The van der Waals surface area contributed by atoms with Crippen molar-refractivity contribution in [1.29, 1.82) is 5.26 Å². The van der Waals surface area contributed by atoms with Crippen LogP contribution in [0.4, 0.5) is 0 Å². The van der Waals surface area contributed by atoms with Crippen molar-refractivity contribution in [3.05, 3.63) is 0 Å². The highest BCUT2D eigenvalue weighted by molar-refractivity contribution is 5.06. The van der Waals surface area contributed by atoms with Crippen LogP contribution < -0.4 is 5.32 Å². The zero-order chi connectivity index (χ0) is 14.7. The number of rotatable bonds is 11. The summed E-state index contributed by atoms with van der Waals surface area (Å²) in [5, 5.41) is 12.9. The van der Waals surface area contributed by atoms with Gasteiger partial charge in [0.25, 0.3) is 0 Å². The minimum atomic E-state index is -0.312. The lowest BCUT2D eigenvalue weighted by Gasteiger charge is -2.28. The molecule has 0 amide bonds. The molecule has 0 aliphatic carbocycles. The molecule has 0 aromatic rings. The van der Waals surface area contributed by atoms with Crippen molar-refractivity contribution in [3.8, 4) is 6.07 Å². The van der Waals surface area contributed by atoms with Crippen LogP contribution in [0.1, 0.15) is 59.8 Å². The Morgan fingerprint density at radius 3 is 2.47 bits per heavy atom. The van der Waals surface area contributed by atoms with Crippen molar-refractivity contribution in [2.45, 2.75) is 65.3 Å². The molecule has 3 nitrogen and oxygen atoms in total. The molecular weight excluding hydrogens is 234 g/mol. The van der Waals surface area contributed by atoms with Gasteiger partial charge < -0.3 is 4.90 Å². The number of nitrogens with one attached hydrogen (secondary N) is 1. The Hall–Kier alpha value is -0.590. The quantitative estimate of drug-likeness (QED) is 0.623. The van der Waals surface area contributed by atoms with E-state index in [1.165, 1.54) is 6.42 Å². The van der Waals surface area contributed by atoms with Crippen LogP contribution in [0.5, 0.6) is 0 Å². The third-order valence-corrected chi connectivity index (χ3v) is 3.99. The molecule has 19 heavy (non-hydrogen) atoms. The van der Waals surface area contributed by atoms with Crippen LogP contribution in [0, 0.1) is 17.2 Å². The third-order valence-electron chi connectivity index (χ3n) is 3.99. The molecule has 0 radical (unpaired) electrons. The summed E-state index contributed by atoms with van der Waals surface area (Å²) >= 11 is 0. The normalized spacial score (nSPS) is 16.1. The van der Waals surface area contributed by atoms with E-state index < -0.39 is 0 Å². The summed E-state index contributed by atoms with van der Waals surface area (Å²) in [7, 11) is 2.19. The second-order valence-corrected chi connectivity index (χ2v) is 5.85. The second-order valence-electron chi connectivity index (χ2n) is 5.85. The first-order valence-corrected chi connectivity index (χ1v) is 7.88. The average Bonchev–Trinajstić information content (AvgIpc) is 2.42. The predicted octanol–water partition coefficient (Wildman–Crippen LogP) is 3.42. The highest BCUT2D eigenvalue weighted by Gasteiger charge is 2.26. The maximum absolute atomic E-state index is 9.43. The van der Waals surface area contributed by atoms with Crippen LogP contribution in [0.2, 0.25) is 0 Å². The Labute approximate surface area is 120 Å². The number of hydrogen-bond donors (Lipinski definition) is 1. The molecule has 2 unspecified atom stereocenters. The Morgan fingerprint density at radius 2 is 2.00 bits per heavy atom. The van der Waals surface area contributed by atoms with Crippen molar-refractivity contribution in [1.82, 2.24) is 10.2 Å². The van der Waals surface area contributed by atoms with Gasteiger partial charge in [0, 0.05) is 6.54 Å². The van der Waals surface area contributed by atoms with Gasteiger partial charge in [-0.1, -0.05) is 34.1 Å². The second kappa shape index (κ2) is 10.2. The molecule has 0 saturated carbocycles. The molecule has 0 fully saturated rings. The number of nitrogens with zero attached hydrogens (tertiary/aromatic N) is 2. The molecule has 2 atom stereocenters. The fourth-order valence-corrected chi connectivity index (χ4v) is 2.33. The SMILES string of the molecule is CCCNC(C#N)(CC)CCCN(C)CC(C)CC. The van der Waals surface area contributed by atoms with Gasteiger partial charge in [-0.2, -0.15) is 5.26 Å². The lowest BCUT2D eigenvalue weighted by molar-refractivity contribution is 0.261. The molecule has 0 spiro atoms. The maximum atomic E-state index is 9.43. The first-order chi connectivity index (χ1) is 9.03. The van der Waals surface area contributed by atoms with Gasteiger partial charge in [-0.25, -0.2) is 0 Å². The van der Waals surface area contributed by atoms with Crippen LogP contribution in [-0.4, -0.2) is 37.1 Å². The van der Waals surface area contributed by atoms with Gasteiger partial charge >= 0.3 is 0 Å². The summed E-state index contributed by atoms with van der Waals surface area (Å²) < 4.78 is 0. The molecule has 0 saturated heterocycles. The van der Waals surface area contributed by atoms with Crippen molar-refractivity contribution >= 4 is 0 Å². The summed E-state index contributed by atoms with van der Waals surface area (Å²) in [6.45, 7) is 12.0. The van der Waals surface area contributed by atoms with Gasteiger partial charge in [0.15, 0.2) is 0 Å². The van der Waals surface area contributed by atoms with Crippen LogP contribution in [0.15, 0.2) is 0 Å². The van der Waals surface area contributed by atoms with E-state index >= 15 is 0 Å². The van der Waals surface area contributed by atoms with Gasteiger partial charge in [-0.3, -0.25) is 5.32 Å². The lowest BCUT2D eigenvalue weighted by atomic mass is 9.91. The monoisotopic (exact) mass is 267 g/mol. The summed E-state index contributed by atoms with van der Waals surface area (Å²) in [4.78, 5) is 2.39. The van der Waals surface area contributed by atoms with E-state index in [0.29, 0.717) is 0 Å². The molecule has 0 bridgehead atoms. The van der Waals surface area contributed by atoms with E-state index in [0.717, 1.165) is 51.2 Å². The van der Waals surface area contributed by atoms with Gasteiger partial charge in [-0.05, 0) is 51.7 Å². The van der Waals surface area contributed by atoms with Gasteiger partial charge in [0.1, 0.15) is 5.54 Å². The fraction of sp³-hybridized carbons (Fsp3) is 0.938. The predicted molar refractivity (Wildman–Crippen MR) is 83.1 cm³/mol. The third kappa shape index (κ3) is 7.54. The van der Waals surface area contributed by atoms with E-state index in [1.54, 1.807) is 0 Å². The molecule has 3 heteroatoms. The van der Waals surface area contributed by atoms with Crippen LogP contribution in [0.25, 0.3) is 0 Å². The number of nitriles is 1. The van der Waals surface area contributed by atoms with Gasteiger partial charge in [-0.15, -0.1) is 0 Å². The molecule has 0 heterocycles. The summed E-state index contributed by atoms with van der Waals surface area (Å²) in [5.41, 5.74) is -0.312. The highest BCUT2D eigenvalue weighted by atomic mass is 15.1. The molecule has 1 N–H and O–H groups in total. The first-order valence-electron chi connectivity index (χ1n) is 7.88. The van der Waals surface area contributed by atoms with E-state index in [-0.39, 0.29) is 5.54 Å². The highest BCUT2D eigenvalue weighted by Crippen LogP contribution is 2.17. The Balaban J connectivity index is 4.09. The molecule has 0 aromatic carbocycles. The standard InChI is InChI=1S/C16H33N3/c1-6-11-18-16(8-3,14-17)10-9-12-19(5)13-15(4)7-2/h15,18H,6-13H2,1-5H3. The average molecular weight is 267 g/mol. The van der Waals surface area contributed by atoms with Gasteiger partial charge in [0.05, 0.1) is 6.07 Å². The minimum Gasteiger partial charge on any atom is -0.306 e. The molecule has 0 rings (SSSR count). The zero-order valence-electron chi connectivity index (χ0n) is 13.6. The van der Waals surface area contributed by atoms with E-state index in [2.05, 4.69) is 51.0 Å². The Kier molecular flexibility index (Phi) is 9.91. The molecular formula is C16H33N3. The fourth-order valence-electron chi connectivity index (χ4n) is 2.33. The van der Waals surface area contributed by atoms with E-state index in [9.17, 15) is 5.26 Å². The summed E-state index contributed by atoms with van der Waals surface area (Å²) in [5.74, 6) is 0.759. The maximum Gasteiger partial charge on any atom is 0.106 e. The van der Waals surface area contributed by atoms with E-state index in [1.807, 2.05) is 0 Å². The summed E-state index contributed by atoms with van der Waals surface area (Å²) in [6, 6.07) is 2.50. The first kappa shape index (κ1) is 18.4. The topological polar surface area (TPSA) is 39.1 Å². The molecule has 0 aliphatic rings. The van der Waals surface area contributed by atoms with Crippen molar-refractivity contribution in [2.75, 3.05) is 26.7 Å². The lowest BCUT2D eigenvalue weighted by Crippen LogP contribution is -2.44. The Morgan fingerprint density at radius 1 is 1.32 bits per heavy atom. The molecule has 0 aliphatic heterocycles. The van der Waals surface area contributed by atoms with Crippen molar-refractivity contribution in [3.63, 3.8) is 0 Å². The molecule has 112 valence electrons. The Bertz CT molecular complexity index is 259. The largest absolute Gasteiger partial charge is 0.306 e. The van der Waals surface area contributed by atoms with Crippen LogP contribution in [-0.2, 0) is 0 Å². The zero-order valence-corrected chi connectivity index (χ0v) is 13.6. The molecule has 0 aromatic heterocycles. The van der Waals surface area contributed by atoms with Crippen LogP contribution >= 0.6 is 0 Å².